The number of nitrogens with zero attached hydrogens (tertiary/aromatic N) is 4. The van der Waals surface area contributed by atoms with E-state index in [2.05, 4.69) is 15.0 Å². The number of ether oxygens (including phenoxy) is 1. The molecule has 3 rings (SSSR count). The second kappa shape index (κ2) is 6.29. The molecule has 1 saturated heterocycles. The van der Waals surface area contributed by atoms with Gasteiger partial charge in [0.1, 0.15) is 23.4 Å². The lowest BCUT2D eigenvalue weighted by Gasteiger charge is -2.32. The molecule has 2 aromatic heterocycles. The maximum absolute atomic E-state index is 12.6. The number of rotatable bonds is 2. The maximum Gasteiger partial charge on any atom is 0.272 e. The van der Waals surface area contributed by atoms with Crippen molar-refractivity contribution in [3.63, 3.8) is 0 Å². The molecule has 0 spiro atoms. The van der Waals surface area contributed by atoms with Gasteiger partial charge in [0.05, 0.1) is 18.8 Å². The fraction of sp³-hybridized carbons (Fsp3) is 0.375. The third-order valence-electron chi connectivity index (χ3n) is 3.69. The van der Waals surface area contributed by atoms with Crippen LogP contribution in [0.1, 0.15) is 33.7 Å². The highest BCUT2D eigenvalue weighted by atomic mass is 16.5. The van der Waals surface area contributed by atoms with Crippen LogP contribution in [0.4, 0.5) is 5.82 Å². The Morgan fingerprint density at radius 1 is 1.35 bits per heavy atom. The molecule has 3 heterocycles. The number of anilines is 1. The Hall–Kier alpha value is -2.54. The van der Waals surface area contributed by atoms with Gasteiger partial charge in [-0.25, -0.2) is 9.97 Å². The molecule has 0 aliphatic carbocycles. The highest BCUT2D eigenvalue weighted by Gasteiger charge is 2.28. The van der Waals surface area contributed by atoms with E-state index < -0.39 is 0 Å². The van der Waals surface area contributed by atoms with E-state index in [9.17, 15) is 4.79 Å². The number of nitrogen functional groups attached to an aromatic ring is 1. The minimum absolute atomic E-state index is 0.1000. The van der Waals surface area contributed by atoms with Gasteiger partial charge < -0.3 is 15.4 Å². The SMILES string of the molecule is Cc1ccc(C(=O)N2CCOC(c3cc(N)nc(C)n3)C2)nc1. The molecule has 2 aromatic rings. The number of hydrogen-bond acceptors (Lipinski definition) is 6. The van der Waals surface area contributed by atoms with Gasteiger partial charge in [0.2, 0.25) is 0 Å². The zero-order valence-electron chi connectivity index (χ0n) is 13.2. The number of aromatic nitrogens is 3. The molecule has 0 bridgehead atoms. The molecule has 1 atom stereocenters. The fourth-order valence-electron chi connectivity index (χ4n) is 2.55. The molecule has 7 nitrogen and oxygen atoms in total. The molecule has 1 amide bonds. The van der Waals surface area contributed by atoms with E-state index in [0.717, 1.165) is 5.56 Å². The van der Waals surface area contributed by atoms with Gasteiger partial charge in [-0.15, -0.1) is 0 Å². The highest BCUT2D eigenvalue weighted by Crippen LogP contribution is 2.22. The van der Waals surface area contributed by atoms with Crippen LogP contribution in [0.2, 0.25) is 0 Å². The third kappa shape index (κ3) is 3.45. The van der Waals surface area contributed by atoms with Crippen molar-refractivity contribution in [1.29, 1.82) is 0 Å². The Bertz CT molecular complexity index is 697. The summed E-state index contributed by atoms with van der Waals surface area (Å²) >= 11 is 0. The van der Waals surface area contributed by atoms with Crippen molar-refractivity contribution >= 4 is 11.7 Å². The van der Waals surface area contributed by atoms with Gasteiger partial charge in [0.15, 0.2) is 0 Å². The predicted octanol–water partition coefficient (Wildman–Crippen LogP) is 1.28. The molecule has 1 aliphatic rings. The number of carbonyl (C=O) groups excluding carboxylic acids is 1. The Labute approximate surface area is 134 Å². The van der Waals surface area contributed by atoms with Crippen LogP contribution in [0.3, 0.4) is 0 Å². The average Bonchev–Trinajstić information content (AvgIpc) is 2.54. The largest absolute Gasteiger partial charge is 0.384 e. The second-order valence-corrected chi connectivity index (χ2v) is 5.60. The zero-order chi connectivity index (χ0) is 16.4. The fourth-order valence-corrected chi connectivity index (χ4v) is 2.55. The van der Waals surface area contributed by atoms with Crippen molar-refractivity contribution in [3.8, 4) is 0 Å². The molecule has 2 N–H and O–H groups in total. The van der Waals surface area contributed by atoms with Crippen LogP contribution >= 0.6 is 0 Å². The minimum Gasteiger partial charge on any atom is -0.384 e. The lowest BCUT2D eigenvalue weighted by molar-refractivity contribution is -0.0250. The number of carbonyl (C=O) groups is 1. The second-order valence-electron chi connectivity index (χ2n) is 5.60. The van der Waals surface area contributed by atoms with Gasteiger partial charge in [-0.05, 0) is 25.5 Å². The van der Waals surface area contributed by atoms with Gasteiger partial charge in [-0.1, -0.05) is 6.07 Å². The van der Waals surface area contributed by atoms with E-state index in [1.165, 1.54) is 0 Å². The van der Waals surface area contributed by atoms with Crippen LogP contribution in [0.15, 0.2) is 24.4 Å². The Morgan fingerprint density at radius 3 is 2.87 bits per heavy atom. The van der Waals surface area contributed by atoms with Crippen LogP contribution in [0.5, 0.6) is 0 Å². The first-order chi connectivity index (χ1) is 11.0. The summed E-state index contributed by atoms with van der Waals surface area (Å²) in [6.45, 7) is 5.12. The third-order valence-corrected chi connectivity index (χ3v) is 3.69. The molecule has 7 heteroatoms. The summed E-state index contributed by atoms with van der Waals surface area (Å²) in [5.74, 6) is 0.893. The van der Waals surface area contributed by atoms with E-state index in [-0.39, 0.29) is 12.0 Å². The maximum atomic E-state index is 12.6. The molecule has 0 radical (unpaired) electrons. The Balaban J connectivity index is 1.77. The predicted molar refractivity (Wildman–Crippen MR) is 84.8 cm³/mol. The van der Waals surface area contributed by atoms with Gasteiger partial charge in [-0.3, -0.25) is 9.78 Å². The first-order valence-electron chi connectivity index (χ1n) is 7.47. The van der Waals surface area contributed by atoms with E-state index in [1.807, 2.05) is 13.0 Å². The monoisotopic (exact) mass is 313 g/mol. The first-order valence-corrected chi connectivity index (χ1v) is 7.47. The Kier molecular flexibility index (Phi) is 4.20. The highest BCUT2D eigenvalue weighted by molar-refractivity contribution is 5.92. The number of hydrogen-bond donors (Lipinski definition) is 1. The zero-order valence-corrected chi connectivity index (χ0v) is 13.2. The molecule has 0 aromatic carbocycles. The standard InChI is InChI=1S/C16H19N5O2/c1-10-3-4-12(18-8-10)16(22)21-5-6-23-14(9-21)13-7-15(17)20-11(2)19-13/h3-4,7-8,14H,5-6,9H2,1-2H3,(H2,17,19,20). The molecular weight excluding hydrogens is 294 g/mol. The topological polar surface area (TPSA) is 94.2 Å². The van der Waals surface area contributed by atoms with Crippen LogP contribution in [-0.4, -0.2) is 45.5 Å². The van der Waals surface area contributed by atoms with Crippen LogP contribution in [0.25, 0.3) is 0 Å². The molecule has 1 fully saturated rings. The molecule has 0 saturated carbocycles. The number of morpholine rings is 1. The van der Waals surface area contributed by atoms with Crippen molar-refractivity contribution in [2.75, 3.05) is 25.4 Å². The van der Waals surface area contributed by atoms with E-state index in [1.54, 1.807) is 30.2 Å². The van der Waals surface area contributed by atoms with Gasteiger partial charge in [0, 0.05) is 18.8 Å². The molecule has 120 valence electrons. The van der Waals surface area contributed by atoms with E-state index >= 15 is 0 Å². The Morgan fingerprint density at radius 2 is 2.17 bits per heavy atom. The smallest absolute Gasteiger partial charge is 0.272 e. The summed E-state index contributed by atoms with van der Waals surface area (Å²) in [5, 5.41) is 0. The summed E-state index contributed by atoms with van der Waals surface area (Å²) in [5.41, 5.74) is 7.93. The summed E-state index contributed by atoms with van der Waals surface area (Å²) in [4.78, 5) is 26.9. The van der Waals surface area contributed by atoms with Crippen LogP contribution in [0, 0.1) is 13.8 Å². The van der Waals surface area contributed by atoms with Gasteiger partial charge in [0.25, 0.3) is 5.91 Å². The van der Waals surface area contributed by atoms with Crippen LogP contribution in [-0.2, 0) is 4.74 Å². The molecular formula is C16H19N5O2. The normalized spacial score (nSPS) is 18.0. The average molecular weight is 313 g/mol. The summed E-state index contributed by atoms with van der Waals surface area (Å²) in [6.07, 6.45) is 1.39. The van der Waals surface area contributed by atoms with E-state index in [4.69, 9.17) is 10.5 Å². The van der Waals surface area contributed by atoms with Crippen molar-refractivity contribution in [2.24, 2.45) is 0 Å². The van der Waals surface area contributed by atoms with Gasteiger partial charge in [-0.2, -0.15) is 0 Å². The first kappa shape index (κ1) is 15.4. The van der Waals surface area contributed by atoms with Gasteiger partial charge >= 0.3 is 0 Å². The van der Waals surface area contributed by atoms with Crippen molar-refractivity contribution in [3.05, 3.63) is 47.2 Å². The summed E-state index contributed by atoms with van der Waals surface area (Å²) in [6, 6.07) is 5.32. The molecule has 23 heavy (non-hydrogen) atoms. The summed E-state index contributed by atoms with van der Waals surface area (Å²) < 4.78 is 5.75. The van der Waals surface area contributed by atoms with Crippen molar-refractivity contribution in [2.45, 2.75) is 20.0 Å². The summed E-state index contributed by atoms with van der Waals surface area (Å²) in [7, 11) is 0. The lowest BCUT2D eigenvalue weighted by Crippen LogP contribution is -2.42. The molecule has 1 unspecified atom stereocenters. The van der Waals surface area contributed by atoms with E-state index in [0.29, 0.717) is 42.7 Å². The van der Waals surface area contributed by atoms with Crippen molar-refractivity contribution in [1.82, 2.24) is 19.9 Å². The minimum atomic E-state index is -0.304. The quantitative estimate of drug-likeness (QED) is 0.897. The van der Waals surface area contributed by atoms with Crippen molar-refractivity contribution < 1.29 is 9.53 Å². The lowest BCUT2D eigenvalue weighted by atomic mass is 10.1. The number of nitrogens with two attached hydrogens (primary N) is 1. The van der Waals surface area contributed by atoms with Crippen LogP contribution < -0.4 is 5.73 Å². The number of aryl methyl sites for hydroxylation is 2. The molecule has 1 aliphatic heterocycles. The number of pyridine rings is 1. The number of amides is 1.